The molecular weight excluding hydrogens is 328 g/mol. The number of amides is 1. The molecule has 5 nitrogen and oxygen atoms in total. The summed E-state index contributed by atoms with van der Waals surface area (Å²) in [6, 6.07) is 17.2. The predicted molar refractivity (Wildman–Crippen MR) is 102 cm³/mol. The number of ketones is 1. The summed E-state index contributed by atoms with van der Waals surface area (Å²) in [5.41, 5.74) is 1.77. The molecule has 0 aliphatic carbocycles. The fraction of sp³-hybridized carbons (Fsp3) is 0.333. The lowest BCUT2D eigenvalue weighted by Crippen LogP contribution is -2.52. The Balaban J connectivity index is 1.56. The van der Waals surface area contributed by atoms with E-state index in [1.807, 2.05) is 23.1 Å². The second-order valence-electron chi connectivity index (χ2n) is 6.49. The van der Waals surface area contributed by atoms with Gasteiger partial charge in [0.05, 0.1) is 0 Å². The van der Waals surface area contributed by atoms with E-state index in [4.69, 9.17) is 4.74 Å². The van der Waals surface area contributed by atoms with E-state index < -0.39 is 6.10 Å². The normalized spacial score (nSPS) is 15.5. The molecule has 2 aromatic carbocycles. The fourth-order valence-corrected chi connectivity index (χ4v) is 3.12. The van der Waals surface area contributed by atoms with Crippen molar-refractivity contribution < 1.29 is 14.3 Å². The highest BCUT2D eigenvalue weighted by atomic mass is 16.5. The summed E-state index contributed by atoms with van der Waals surface area (Å²) in [5.74, 6) is 0.499. The molecule has 0 unspecified atom stereocenters. The number of Topliss-reactive ketones (excluding diaryl/α,β-unsaturated/α-hetero) is 1. The predicted octanol–water partition coefficient (Wildman–Crippen LogP) is 3.01. The zero-order valence-corrected chi connectivity index (χ0v) is 15.2. The van der Waals surface area contributed by atoms with Crippen LogP contribution in [0.25, 0.3) is 0 Å². The van der Waals surface area contributed by atoms with E-state index in [1.165, 1.54) is 12.6 Å². The smallest absolute Gasteiger partial charge is 0.263 e. The highest BCUT2D eigenvalue weighted by Gasteiger charge is 2.26. The van der Waals surface area contributed by atoms with E-state index in [0.29, 0.717) is 24.4 Å². The molecule has 1 heterocycles. The van der Waals surface area contributed by atoms with Crippen LogP contribution in [-0.4, -0.2) is 48.9 Å². The molecule has 0 saturated carbocycles. The largest absolute Gasteiger partial charge is 0.481 e. The number of carbonyl (C=O) groups excluding carboxylic acids is 2. The maximum absolute atomic E-state index is 12.7. The van der Waals surface area contributed by atoms with Crippen LogP contribution >= 0.6 is 0 Å². The van der Waals surface area contributed by atoms with Crippen molar-refractivity contribution in [3.8, 4) is 5.75 Å². The van der Waals surface area contributed by atoms with Crippen LogP contribution in [0.4, 0.5) is 5.69 Å². The third-order valence-corrected chi connectivity index (χ3v) is 4.61. The summed E-state index contributed by atoms with van der Waals surface area (Å²) in [6.45, 7) is 6.24. The first-order valence-electron chi connectivity index (χ1n) is 8.91. The molecular formula is C21H24N2O3. The first kappa shape index (κ1) is 18.0. The molecule has 1 aliphatic rings. The molecule has 1 atom stereocenters. The average Bonchev–Trinajstić information content (AvgIpc) is 2.68. The molecule has 0 aromatic heterocycles. The molecule has 0 N–H and O–H groups in total. The van der Waals surface area contributed by atoms with Gasteiger partial charge in [0.15, 0.2) is 11.9 Å². The molecule has 1 amide bonds. The van der Waals surface area contributed by atoms with Crippen LogP contribution in [0.5, 0.6) is 5.75 Å². The minimum absolute atomic E-state index is 0.0218. The molecule has 1 fully saturated rings. The van der Waals surface area contributed by atoms with Gasteiger partial charge in [-0.15, -0.1) is 0 Å². The minimum atomic E-state index is -0.583. The van der Waals surface area contributed by atoms with Gasteiger partial charge in [-0.25, -0.2) is 0 Å². The Labute approximate surface area is 154 Å². The van der Waals surface area contributed by atoms with E-state index in [9.17, 15) is 9.59 Å². The number of rotatable bonds is 5. The van der Waals surface area contributed by atoms with Gasteiger partial charge in [-0.1, -0.05) is 30.3 Å². The van der Waals surface area contributed by atoms with Crippen molar-refractivity contribution >= 4 is 17.4 Å². The maximum atomic E-state index is 12.7. The van der Waals surface area contributed by atoms with Crippen LogP contribution < -0.4 is 9.64 Å². The zero-order valence-electron chi connectivity index (χ0n) is 15.2. The monoisotopic (exact) mass is 352 g/mol. The fourth-order valence-electron chi connectivity index (χ4n) is 3.12. The third-order valence-electron chi connectivity index (χ3n) is 4.61. The van der Waals surface area contributed by atoms with Crippen molar-refractivity contribution in [1.29, 1.82) is 0 Å². The molecule has 2 aromatic rings. The van der Waals surface area contributed by atoms with E-state index in [0.717, 1.165) is 13.1 Å². The topological polar surface area (TPSA) is 49.9 Å². The number of hydrogen-bond acceptors (Lipinski definition) is 4. The second-order valence-corrected chi connectivity index (χ2v) is 6.49. The summed E-state index contributed by atoms with van der Waals surface area (Å²) in [4.78, 5) is 28.3. The average molecular weight is 352 g/mol. The van der Waals surface area contributed by atoms with Crippen LogP contribution in [0.15, 0.2) is 54.6 Å². The highest BCUT2D eigenvalue weighted by Crippen LogP contribution is 2.18. The Hall–Kier alpha value is -2.82. The lowest BCUT2D eigenvalue weighted by molar-refractivity contribution is -0.138. The first-order chi connectivity index (χ1) is 12.5. The van der Waals surface area contributed by atoms with E-state index in [1.54, 1.807) is 31.2 Å². The SMILES string of the molecule is CC(=O)c1cccc(O[C@H](C)C(=O)N2CCN(c3ccccc3)CC2)c1. The number of nitrogens with zero attached hydrogens (tertiary/aromatic N) is 2. The Bertz CT molecular complexity index is 768. The molecule has 5 heteroatoms. The number of para-hydroxylation sites is 1. The molecule has 1 aliphatic heterocycles. The quantitative estimate of drug-likeness (QED) is 0.776. The lowest BCUT2D eigenvalue weighted by atomic mass is 10.1. The van der Waals surface area contributed by atoms with Crippen molar-refractivity contribution in [3.63, 3.8) is 0 Å². The summed E-state index contributed by atoms with van der Waals surface area (Å²) in [5, 5.41) is 0. The van der Waals surface area contributed by atoms with E-state index in [-0.39, 0.29) is 11.7 Å². The molecule has 0 radical (unpaired) electrons. The number of piperazine rings is 1. The Morgan fingerprint density at radius 3 is 2.31 bits per heavy atom. The van der Waals surface area contributed by atoms with Crippen LogP contribution in [0.1, 0.15) is 24.2 Å². The first-order valence-corrected chi connectivity index (χ1v) is 8.91. The van der Waals surface area contributed by atoms with Gasteiger partial charge in [0.1, 0.15) is 5.75 Å². The van der Waals surface area contributed by atoms with Gasteiger partial charge in [-0.05, 0) is 38.1 Å². The number of anilines is 1. The van der Waals surface area contributed by atoms with Crippen LogP contribution in [0, 0.1) is 0 Å². The maximum Gasteiger partial charge on any atom is 0.263 e. The van der Waals surface area contributed by atoms with Gasteiger partial charge >= 0.3 is 0 Å². The van der Waals surface area contributed by atoms with Crippen molar-refractivity contribution in [2.24, 2.45) is 0 Å². The molecule has 3 rings (SSSR count). The number of ether oxygens (including phenoxy) is 1. The molecule has 0 bridgehead atoms. The Kier molecular flexibility index (Phi) is 5.56. The van der Waals surface area contributed by atoms with Crippen molar-refractivity contribution in [2.75, 3.05) is 31.1 Å². The molecule has 136 valence electrons. The van der Waals surface area contributed by atoms with Crippen molar-refractivity contribution in [1.82, 2.24) is 4.90 Å². The number of benzene rings is 2. The third kappa shape index (κ3) is 4.23. The Morgan fingerprint density at radius 1 is 0.962 bits per heavy atom. The van der Waals surface area contributed by atoms with E-state index >= 15 is 0 Å². The number of hydrogen-bond donors (Lipinski definition) is 0. The summed E-state index contributed by atoms with van der Waals surface area (Å²) >= 11 is 0. The van der Waals surface area contributed by atoms with Crippen molar-refractivity contribution in [3.05, 3.63) is 60.2 Å². The standard InChI is InChI=1S/C21H24N2O3/c1-16(24)18-7-6-10-20(15-18)26-17(2)21(25)23-13-11-22(12-14-23)19-8-4-3-5-9-19/h3-10,15,17H,11-14H2,1-2H3/t17-/m1/s1. The lowest BCUT2D eigenvalue weighted by Gasteiger charge is -2.37. The van der Waals surface area contributed by atoms with Gasteiger partial charge in [0.25, 0.3) is 5.91 Å². The summed E-state index contributed by atoms with van der Waals surface area (Å²) < 4.78 is 5.77. The van der Waals surface area contributed by atoms with Gasteiger partial charge < -0.3 is 14.5 Å². The number of carbonyl (C=O) groups is 2. The molecule has 0 spiro atoms. The van der Waals surface area contributed by atoms with Crippen LogP contribution in [0.2, 0.25) is 0 Å². The zero-order chi connectivity index (χ0) is 18.5. The highest BCUT2D eigenvalue weighted by molar-refractivity contribution is 5.94. The molecule has 26 heavy (non-hydrogen) atoms. The van der Waals surface area contributed by atoms with Crippen molar-refractivity contribution in [2.45, 2.75) is 20.0 Å². The van der Waals surface area contributed by atoms with Crippen LogP contribution in [-0.2, 0) is 4.79 Å². The van der Waals surface area contributed by atoms with Gasteiger partial charge in [0.2, 0.25) is 0 Å². The summed E-state index contributed by atoms with van der Waals surface area (Å²) in [7, 11) is 0. The van der Waals surface area contributed by atoms with Gasteiger partial charge in [-0.2, -0.15) is 0 Å². The summed E-state index contributed by atoms with van der Waals surface area (Å²) in [6.07, 6.45) is -0.583. The van der Waals surface area contributed by atoms with Gasteiger partial charge in [-0.3, -0.25) is 9.59 Å². The van der Waals surface area contributed by atoms with Crippen LogP contribution in [0.3, 0.4) is 0 Å². The van der Waals surface area contributed by atoms with E-state index in [2.05, 4.69) is 17.0 Å². The molecule has 1 saturated heterocycles. The van der Waals surface area contributed by atoms with Gasteiger partial charge in [0, 0.05) is 37.4 Å². The minimum Gasteiger partial charge on any atom is -0.481 e. The Morgan fingerprint density at radius 2 is 1.65 bits per heavy atom. The second kappa shape index (κ2) is 8.04.